The number of benzene rings is 1. The molecule has 2 N–H and O–H groups in total. The van der Waals surface area contributed by atoms with Gasteiger partial charge in [0.1, 0.15) is 17.3 Å². The molecular weight excluding hydrogens is 443 g/mol. The Bertz CT molecular complexity index is 1150. The maximum Gasteiger partial charge on any atom is 0.268 e. The lowest BCUT2D eigenvalue weighted by Crippen LogP contribution is -2.35. The molecule has 0 aliphatic heterocycles. The summed E-state index contributed by atoms with van der Waals surface area (Å²) in [5, 5.41) is 15.4. The van der Waals surface area contributed by atoms with Crippen LogP contribution in [0.4, 0.5) is 4.39 Å². The van der Waals surface area contributed by atoms with Crippen molar-refractivity contribution < 1.29 is 28.3 Å². The lowest BCUT2D eigenvalue weighted by molar-refractivity contribution is 0.0915. The molecule has 0 fully saturated rings. The van der Waals surface area contributed by atoms with E-state index in [1.54, 1.807) is 32.9 Å². The second-order valence-corrected chi connectivity index (χ2v) is 8.12. The van der Waals surface area contributed by atoms with Crippen LogP contribution >= 0.6 is 0 Å². The Kier molecular flexibility index (Phi) is 8.06. The summed E-state index contributed by atoms with van der Waals surface area (Å²) in [6.07, 6.45) is 1.39. The number of hydrogen-bond acceptors (Lipinski definition) is 8. The minimum absolute atomic E-state index is 0.0567. The van der Waals surface area contributed by atoms with E-state index in [-0.39, 0.29) is 35.6 Å². The number of amides is 1. The number of aliphatic hydroxyl groups excluding tert-OH is 1. The first kappa shape index (κ1) is 25.0. The molecule has 2 aromatic heterocycles. The van der Waals surface area contributed by atoms with Crippen molar-refractivity contribution in [2.24, 2.45) is 5.92 Å². The SMILES string of the molecule is CCC(Oc1ccc(C(=O)C(C)C)nc1)c1nc(-c2ccc(C(=O)N[C@H](C)CO)c(F)c2)no1. The van der Waals surface area contributed by atoms with Gasteiger partial charge in [0.2, 0.25) is 5.82 Å². The van der Waals surface area contributed by atoms with Gasteiger partial charge in [-0.15, -0.1) is 0 Å². The molecule has 0 bridgehead atoms. The predicted molar refractivity (Wildman–Crippen MR) is 121 cm³/mol. The van der Waals surface area contributed by atoms with E-state index >= 15 is 0 Å². The molecule has 10 heteroatoms. The number of carbonyl (C=O) groups excluding carboxylic acids is 2. The average Bonchev–Trinajstić information content (AvgIpc) is 3.32. The van der Waals surface area contributed by atoms with Crippen molar-refractivity contribution in [2.45, 2.75) is 46.3 Å². The molecule has 2 heterocycles. The molecule has 3 aromatic rings. The number of hydrogen-bond donors (Lipinski definition) is 2. The number of pyridine rings is 1. The number of nitrogens with one attached hydrogen (secondary N) is 1. The fourth-order valence-electron chi connectivity index (χ4n) is 3.03. The van der Waals surface area contributed by atoms with Gasteiger partial charge in [0.25, 0.3) is 11.8 Å². The summed E-state index contributed by atoms with van der Waals surface area (Å²) in [6, 6.07) is 6.72. The molecule has 1 amide bonds. The van der Waals surface area contributed by atoms with Crippen LogP contribution in [0, 0.1) is 11.7 Å². The van der Waals surface area contributed by atoms with Gasteiger partial charge >= 0.3 is 0 Å². The summed E-state index contributed by atoms with van der Waals surface area (Å²) in [6.45, 7) is 6.83. The van der Waals surface area contributed by atoms with E-state index in [2.05, 4.69) is 20.4 Å². The van der Waals surface area contributed by atoms with Gasteiger partial charge in [-0.3, -0.25) is 9.59 Å². The zero-order valence-corrected chi connectivity index (χ0v) is 19.4. The predicted octanol–water partition coefficient (Wildman–Crippen LogP) is 3.75. The summed E-state index contributed by atoms with van der Waals surface area (Å²) in [7, 11) is 0. The molecule has 1 unspecified atom stereocenters. The van der Waals surface area contributed by atoms with E-state index in [1.807, 2.05) is 6.92 Å². The molecule has 0 aliphatic rings. The fraction of sp³-hybridized carbons (Fsp3) is 0.375. The molecule has 0 saturated heterocycles. The monoisotopic (exact) mass is 470 g/mol. The number of ketones is 1. The Morgan fingerprint density at radius 3 is 2.56 bits per heavy atom. The normalized spacial score (nSPS) is 12.9. The van der Waals surface area contributed by atoms with E-state index in [1.165, 1.54) is 18.3 Å². The summed E-state index contributed by atoms with van der Waals surface area (Å²) >= 11 is 0. The van der Waals surface area contributed by atoms with Crippen molar-refractivity contribution in [3.63, 3.8) is 0 Å². The van der Waals surface area contributed by atoms with Gasteiger partial charge in [-0.05, 0) is 37.6 Å². The van der Waals surface area contributed by atoms with Crippen molar-refractivity contribution in [2.75, 3.05) is 6.61 Å². The summed E-state index contributed by atoms with van der Waals surface area (Å²) < 4.78 is 25.8. The number of carbonyl (C=O) groups is 2. The highest BCUT2D eigenvalue weighted by Crippen LogP contribution is 2.26. The zero-order valence-electron chi connectivity index (χ0n) is 19.4. The largest absolute Gasteiger partial charge is 0.479 e. The molecule has 0 radical (unpaired) electrons. The number of ether oxygens (including phenoxy) is 1. The fourth-order valence-corrected chi connectivity index (χ4v) is 3.03. The van der Waals surface area contributed by atoms with E-state index < -0.39 is 23.9 Å². The zero-order chi connectivity index (χ0) is 24.8. The van der Waals surface area contributed by atoms with Crippen molar-refractivity contribution in [1.29, 1.82) is 0 Å². The number of rotatable bonds is 10. The van der Waals surface area contributed by atoms with Gasteiger partial charge in [-0.2, -0.15) is 4.98 Å². The van der Waals surface area contributed by atoms with Gasteiger partial charge in [0.05, 0.1) is 18.4 Å². The van der Waals surface area contributed by atoms with Gasteiger partial charge in [0, 0.05) is 17.5 Å². The van der Waals surface area contributed by atoms with Gasteiger partial charge in [-0.25, -0.2) is 9.37 Å². The minimum atomic E-state index is -0.753. The molecule has 0 spiro atoms. The first-order valence-corrected chi connectivity index (χ1v) is 11.0. The summed E-state index contributed by atoms with van der Waals surface area (Å²) in [5.74, 6) is -0.826. The molecule has 0 saturated carbocycles. The van der Waals surface area contributed by atoms with E-state index in [0.29, 0.717) is 23.4 Å². The maximum absolute atomic E-state index is 14.5. The molecule has 2 atom stereocenters. The van der Waals surface area contributed by atoms with Crippen LogP contribution in [-0.2, 0) is 0 Å². The first-order chi connectivity index (χ1) is 16.2. The molecular formula is C24H27FN4O5. The second kappa shape index (κ2) is 11.0. The molecule has 180 valence electrons. The van der Waals surface area contributed by atoms with Crippen molar-refractivity contribution in [3.8, 4) is 17.1 Å². The highest BCUT2D eigenvalue weighted by atomic mass is 19.1. The van der Waals surface area contributed by atoms with Crippen molar-refractivity contribution in [3.05, 3.63) is 59.5 Å². The maximum atomic E-state index is 14.5. The van der Waals surface area contributed by atoms with E-state index in [9.17, 15) is 14.0 Å². The lowest BCUT2D eigenvalue weighted by atomic mass is 10.1. The molecule has 0 aliphatic carbocycles. The van der Waals surface area contributed by atoms with Crippen LogP contribution in [0.5, 0.6) is 5.75 Å². The van der Waals surface area contributed by atoms with Crippen LogP contribution in [0.15, 0.2) is 41.1 Å². The Labute approximate surface area is 196 Å². The van der Waals surface area contributed by atoms with Crippen molar-refractivity contribution in [1.82, 2.24) is 20.4 Å². The van der Waals surface area contributed by atoms with Crippen LogP contribution in [-0.4, -0.2) is 44.6 Å². The minimum Gasteiger partial charge on any atom is -0.479 e. The summed E-state index contributed by atoms with van der Waals surface area (Å²) in [4.78, 5) is 32.6. The highest BCUT2D eigenvalue weighted by molar-refractivity contribution is 5.95. The smallest absolute Gasteiger partial charge is 0.268 e. The Morgan fingerprint density at radius 2 is 1.97 bits per heavy atom. The average molecular weight is 471 g/mol. The number of aliphatic hydroxyl groups is 1. The Morgan fingerprint density at radius 1 is 1.21 bits per heavy atom. The standard InChI is InChI=1S/C24H27FN4O5/c1-5-20(33-16-7-9-19(26-11-16)21(31)13(2)3)24-28-22(29-34-24)15-6-8-17(18(25)10-15)23(32)27-14(4)12-30/h6-11,13-14,20,30H,5,12H2,1-4H3,(H,27,32)/t14-,20?/m1/s1. The van der Waals surface area contributed by atoms with Crippen LogP contribution in [0.1, 0.15) is 67.0 Å². The molecule has 34 heavy (non-hydrogen) atoms. The van der Waals surface area contributed by atoms with Gasteiger partial charge < -0.3 is 19.7 Å². The number of nitrogens with zero attached hydrogens (tertiary/aromatic N) is 3. The second-order valence-electron chi connectivity index (χ2n) is 8.12. The van der Waals surface area contributed by atoms with Crippen LogP contribution in [0.25, 0.3) is 11.4 Å². The third-order valence-electron chi connectivity index (χ3n) is 5.00. The summed E-state index contributed by atoms with van der Waals surface area (Å²) in [5.41, 5.74) is 0.530. The highest BCUT2D eigenvalue weighted by Gasteiger charge is 2.22. The van der Waals surface area contributed by atoms with Gasteiger partial charge in [-0.1, -0.05) is 32.0 Å². The van der Waals surface area contributed by atoms with Gasteiger partial charge in [0.15, 0.2) is 11.9 Å². The lowest BCUT2D eigenvalue weighted by Gasteiger charge is -2.13. The molecule has 9 nitrogen and oxygen atoms in total. The van der Waals surface area contributed by atoms with E-state index in [0.717, 1.165) is 6.07 Å². The molecule has 1 aromatic carbocycles. The third-order valence-corrected chi connectivity index (χ3v) is 5.00. The quantitative estimate of drug-likeness (QED) is 0.429. The van der Waals surface area contributed by atoms with Crippen LogP contribution in [0.3, 0.4) is 0 Å². The van der Waals surface area contributed by atoms with Crippen molar-refractivity contribution >= 4 is 11.7 Å². The molecule has 3 rings (SSSR count). The number of Topliss-reactive ketones (excluding diaryl/α,β-unsaturated/α-hetero) is 1. The third kappa shape index (κ3) is 5.82. The Balaban J connectivity index is 1.73. The Hall–Kier alpha value is -3.66. The van der Waals surface area contributed by atoms with Crippen LogP contribution < -0.4 is 10.1 Å². The van der Waals surface area contributed by atoms with Crippen LogP contribution in [0.2, 0.25) is 0 Å². The number of aromatic nitrogens is 3. The van der Waals surface area contributed by atoms with E-state index in [4.69, 9.17) is 14.4 Å². The number of halogens is 1. The topological polar surface area (TPSA) is 127 Å². The first-order valence-electron chi connectivity index (χ1n) is 11.0.